The predicted octanol–water partition coefficient (Wildman–Crippen LogP) is 3.28. The monoisotopic (exact) mass is 418 g/mol. The third kappa shape index (κ3) is 5.48. The molecule has 0 aliphatic carbocycles. The Bertz CT molecular complexity index is 940. The number of ether oxygens (including phenoxy) is 2. The zero-order valence-corrected chi connectivity index (χ0v) is 17.3. The van der Waals surface area contributed by atoms with Gasteiger partial charge < -0.3 is 14.8 Å². The lowest BCUT2D eigenvalue weighted by molar-refractivity contribution is -0.116. The smallest absolute Gasteiger partial charge is 0.243 e. The second kappa shape index (κ2) is 9.76. The topological polar surface area (TPSA) is 84.9 Å². The Hall–Kier alpha value is -2.58. The first-order valence-electron chi connectivity index (χ1n) is 9.75. The van der Waals surface area contributed by atoms with E-state index in [0.717, 1.165) is 12.8 Å². The van der Waals surface area contributed by atoms with Crippen molar-refractivity contribution in [3.8, 4) is 11.5 Å². The first-order chi connectivity index (χ1) is 14.0. The third-order valence-corrected chi connectivity index (χ3v) is 6.45. The minimum atomic E-state index is -3.52. The van der Waals surface area contributed by atoms with Crippen molar-refractivity contribution >= 4 is 21.6 Å². The second-order valence-electron chi connectivity index (χ2n) is 6.67. The van der Waals surface area contributed by atoms with E-state index in [4.69, 9.17) is 9.47 Å². The number of carbonyl (C=O) groups excluding carboxylic acids is 1. The lowest BCUT2D eigenvalue weighted by Crippen LogP contribution is -2.28. The fourth-order valence-corrected chi connectivity index (χ4v) is 4.70. The molecule has 1 aliphatic rings. The Labute approximate surface area is 171 Å². The summed E-state index contributed by atoms with van der Waals surface area (Å²) in [6.07, 6.45) is 1.88. The lowest BCUT2D eigenvalue weighted by atomic mass is 10.3. The van der Waals surface area contributed by atoms with E-state index in [1.54, 1.807) is 24.3 Å². The molecule has 2 aromatic rings. The highest BCUT2D eigenvalue weighted by Gasteiger charge is 2.27. The molecule has 3 rings (SSSR count). The van der Waals surface area contributed by atoms with Crippen LogP contribution < -0.4 is 14.8 Å². The van der Waals surface area contributed by atoms with Gasteiger partial charge in [-0.3, -0.25) is 4.79 Å². The highest BCUT2D eigenvalue weighted by molar-refractivity contribution is 7.89. The van der Waals surface area contributed by atoms with Crippen LogP contribution >= 0.6 is 0 Å². The van der Waals surface area contributed by atoms with Crippen LogP contribution in [0.3, 0.4) is 0 Å². The summed E-state index contributed by atoms with van der Waals surface area (Å²) in [6, 6.07) is 13.6. The van der Waals surface area contributed by atoms with Crippen LogP contribution in [0.15, 0.2) is 53.4 Å². The molecule has 1 aliphatic heterocycles. The van der Waals surface area contributed by atoms with Gasteiger partial charge in [-0.15, -0.1) is 0 Å². The first kappa shape index (κ1) is 21.1. The molecular weight excluding hydrogens is 392 g/mol. The molecule has 0 radical (unpaired) electrons. The largest absolute Gasteiger partial charge is 0.490 e. The molecule has 0 bridgehead atoms. The van der Waals surface area contributed by atoms with Crippen LogP contribution in [0.4, 0.5) is 5.69 Å². The summed E-state index contributed by atoms with van der Waals surface area (Å²) in [7, 11) is -3.52. The second-order valence-corrected chi connectivity index (χ2v) is 8.60. The van der Waals surface area contributed by atoms with E-state index < -0.39 is 10.0 Å². The molecule has 7 nitrogen and oxygen atoms in total. The van der Waals surface area contributed by atoms with Crippen molar-refractivity contribution in [2.24, 2.45) is 0 Å². The molecule has 0 saturated carbocycles. The molecule has 0 aromatic heterocycles. The molecule has 2 aromatic carbocycles. The van der Waals surface area contributed by atoms with Crippen molar-refractivity contribution in [2.75, 3.05) is 31.6 Å². The number of anilines is 1. The maximum absolute atomic E-state index is 12.7. The molecule has 1 saturated heterocycles. The Balaban J connectivity index is 1.56. The van der Waals surface area contributed by atoms with Gasteiger partial charge in [0.05, 0.1) is 24.5 Å². The van der Waals surface area contributed by atoms with Crippen molar-refractivity contribution < 1.29 is 22.7 Å². The van der Waals surface area contributed by atoms with E-state index in [2.05, 4.69) is 5.32 Å². The maximum Gasteiger partial charge on any atom is 0.243 e. The molecular formula is C21H26N2O5S. The van der Waals surface area contributed by atoms with Crippen molar-refractivity contribution in [3.63, 3.8) is 0 Å². The molecule has 1 N–H and O–H groups in total. The summed E-state index contributed by atoms with van der Waals surface area (Å²) < 4.78 is 38.0. The predicted molar refractivity (Wildman–Crippen MR) is 111 cm³/mol. The number of para-hydroxylation sites is 2. The molecule has 0 atom stereocenters. The van der Waals surface area contributed by atoms with Gasteiger partial charge in [-0.1, -0.05) is 18.2 Å². The number of rotatable bonds is 9. The van der Waals surface area contributed by atoms with Gasteiger partial charge in [0.1, 0.15) is 0 Å². The number of nitrogens with zero attached hydrogens (tertiary/aromatic N) is 1. The van der Waals surface area contributed by atoms with Crippen LogP contribution in [0.1, 0.15) is 26.2 Å². The van der Waals surface area contributed by atoms with E-state index in [0.29, 0.717) is 36.9 Å². The van der Waals surface area contributed by atoms with Crippen LogP contribution in [0.5, 0.6) is 11.5 Å². The minimum Gasteiger partial charge on any atom is -0.490 e. The van der Waals surface area contributed by atoms with Gasteiger partial charge in [0.25, 0.3) is 0 Å². The zero-order valence-electron chi connectivity index (χ0n) is 16.5. The highest BCUT2D eigenvalue weighted by Crippen LogP contribution is 2.26. The van der Waals surface area contributed by atoms with Crippen molar-refractivity contribution in [3.05, 3.63) is 48.5 Å². The van der Waals surface area contributed by atoms with Crippen LogP contribution in [0, 0.1) is 0 Å². The highest BCUT2D eigenvalue weighted by atomic mass is 32.2. The van der Waals surface area contributed by atoms with Gasteiger partial charge in [0.2, 0.25) is 15.9 Å². The fourth-order valence-electron chi connectivity index (χ4n) is 3.13. The Morgan fingerprint density at radius 2 is 1.72 bits per heavy atom. The van der Waals surface area contributed by atoms with E-state index >= 15 is 0 Å². The number of carbonyl (C=O) groups is 1. The molecule has 8 heteroatoms. The van der Waals surface area contributed by atoms with Gasteiger partial charge in [-0.05, 0) is 50.1 Å². The van der Waals surface area contributed by atoms with Crippen LogP contribution in [0.2, 0.25) is 0 Å². The fraction of sp³-hybridized carbons (Fsp3) is 0.381. The standard InChI is InChI=1S/C21H26N2O5S/c1-2-27-19-10-3-4-11-20(19)28-15-12-21(24)22-17-8-7-9-18(16-17)29(25,26)23-13-5-6-14-23/h3-4,7-11,16H,2,5-6,12-15H2,1H3,(H,22,24). The molecule has 1 amide bonds. The van der Waals surface area contributed by atoms with Crippen molar-refractivity contribution in [1.82, 2.24) is 4.31 Å². The van der Waals surface area contributed by atoms with Crippen LogP contribution in [0.25, 0.3) is 0 Å². The average molecular weight is 419 g/mol. The van der Waals surface area contributed by atoms with Gasteiger partial charge >= 0.3 is 0 Å². The number of hydrogen-bond acceptors (Lipinski definition) is 5. The molecule has 0 unspecified atom stereocenters. The number of hydrogen-bond donors (Lipinski definition) is 1. The minimum absolute atomic E-state index is 0.129. The normalized spacial score (nSPS) is 14.5. The summed E-state index contributed by atoms with van der Waals surface area (Å²) in [5.74, 6) is 0.964. The molecule has 156 valence electrons. The van der Waals surface area contributed by atoms with E-state index in [9.17, 15) is 13.2 Å². The zero-order chi connectivity index (χ0) is 20.7. The molecule has 29 heavy (non-hydrogen) atoms. The van der Waals surface area contributed by atoms with Gasteiger partial charge in [-0.2, -0.15) is 4.31 Å². The van der Waals surface area contributed by atoms with E-state index in [1.165, 1.54) is 10.4 Å². The maximum atomic E-state index is 12.7. The van der Waals surface area contributed by atoms with Gasteiger partial charge in [0.15, 0.2) is 11.5 Å². The van der Waals surface area contributed by atoms with E-state index in [1.807, 2.05) is 25.1 Å². The van der Waals surface area contributed by atoms with E-state index in [-0.39, 0.29) is 23.8 Å². The van der Waals surface area contributed by atoms with Crippen LogP contribution in [-0.2, 0) is 14.8 Å². The molecule has 1 heterocycles. The summed E-state index contributed by atoms with van der Waals surface area (Å²) in [5, 5.41) is 2.74. The summed E-state index contributed by atoms with van der Waals surface area (Å²) >= 11 is 0. The number of amides is 1. The number of benzene rings is 2. The average Bonchev–Trinajstić information content (AvgIpc) is 3.25. The third-order valence-electron chi connectivity index (χ3n) is 4.56. The van der Waals surface area contributed by atoms with Gasteiger partial charge in [-0.25, -0.2) is 8.42 Å². The Morgan fingerprint density at radius 1 is 1.03 bits per heavy atom. The van der Waals surface area contributed by atoms with Crippen molar-refractivity contribution in [2.45, 2.75) is 31.1 Å². The SMILES string of the molecule is CCOc1ccccc1OCCC(=O)Nc1cccc(S(=O)(=O)N2CCCC2)c1. The number of sulfonamides is 1. The van der Waals surface area contributed by atoms with Crippen molar-refractivity contribution in [1.29, 1.82) is 0 Å². The summed E-state index contributed by atoms with van der Waals surface area (Å²) in [4.78, 5) is 12.4. The van der Waals surface area contributed by atoms with Crippen LogP contribution in [-0.4, -0.2) is 44.9 Å². The number of nitrogens with one attached hydrogen (secondary N) is 1. The molecule has 1 fully saturated rings. The Kier molecular flexibility index (Phi) is 7.11. The molecule has 0 spiro atoms. The van der Waals surface area contributed by atoms with Gasteiger partial charge in [0, 0.05) is 18.8 Å². The Morgan fingerprint density at radius 3 is 2.41 bits per heavy atom. The first-order valence-corrected chi connectivity index (χ1v) is 11.2. The summed E-state index contributed by atoms with van der Waals surface area (Å²) in [6.45, 7) is 3.68. The summed E-state index contributed by atoms with van der Waals surface area (Å²) in [5.41, 5.74) is 0.449. The lowest BCUT2D eigenvalue weighted by Gasteiger charge is -2.16. The quantitative estimate of drug-likeness (QED) is 0.676.